The van der Waals surface area contributed by atoms with Crippen LogP contribution in [0, 0.1) is 6.92 Å². The maximum Gasteiger partial charge on any atom is 0.219 e. The first-order valence-corrected chi connectivity index (χ1v) is 10.1. The Bertz CT molecular complexity index is 1100. The number of rotatable bonds is 4. The van der Waals surface area contributed by atoms with Gasteiger partial charge >= 0.3 is 0 Å². The summed E-state index contributed by atoms with van der Waals surface area (Å²) in [6.45, 7) is 5.60. The molecule has 0 saturated heterocycles. The van der Waals surface area contributed by atoms with Crippen molar-refractivity contribution < 1.29 is 9.53 Å². The Labute approximate surface area is 175 Å². The van der Waals surface area contributed by atoms with Crippen molar-refractivity contribution in [2.45, 2.75) is 33.4 Å². The minimum atomic E-state index is 0.0906. The van der Waals surface area contributed by atoms with Crippen LogP contribution in [-0.2, 0) is 24.3 Å². The van der Waals surface area contributed by atoms with Gasteiger partial charge in [0.25, 0.3) is 0 Å². The Morgan fingerprint density at radius 2 is 2.10 bits per heavy atom. The zero-order valence-corrected chi connectivity index (χ0v) is 17.6. The summed E-state index contributed by atoms with van der Waals surface area (Å²) in [5, 5.41) is 5.27. The van der Waals surface area contributed by atoms with Crippen molar-refractivity contribution in [3.63, 3.8) is 0 Å². The lowest BCUT2D eigenvalue weighted by Crippen LogP contribution is -2.35. The standard InChI is InChI=1S/C23H24ClN3O2/c1-14-4-6-20-17(10-14)23(18-13-27(15(2)28)9-8-21(18)26-20)25-12-16-5-7-22(29-3)19(24)11-16/h4-7,10-11H,8-9,12-13H2,1-3H3,(H,25,26). The summed E-state index contributed by atoms with van der Waals surface area (Å²) in [6.07, 6.45) is 0.766. The predicted molar refractivity (Wildman–Crippen MR) is 117 cm³/mol. The van der Waals surface area contributed by atoms with E-state index in [0.717, 1.165) is 39.8 Å². The molecule has 0 aliphatic carbocycles. The largest absolute Gasteiger partial charge is 0.495 e. The number of benzene rings is 2. The molecule has 0 radical (unpaired) electrons. The van der Waals surface area contributed by atoms with Gasteiger partial charge in [0.1, 0.15) is 5.75 Å². The lowest BCUT2D eigenvalue weighted by atomic mass is 9.98. The van der Waals surface area contributed by atoms with Crippen molar-refractivity contribution in [2.75, 3.05) is 19.0 Å². The first-order chi connectivity index (χ1) is 14.0. The summed E-state index contributed by atoms with van der Waals surface area (Å²) in [4.78, 5) is 18.7. The van der Waals surface area contributed by atoms with Crippen LogP contribution in [-0.4, -0.2) is 29.4 Å². The normalized spacial score (nSPS) is 13.3. The van der Waals surface area contributed by atoms with E-state index in [1.807, 2.05) is 23.1 Å². The number of amides is 1. The van der Waals surface area contributed by atoms with Gasteiger partial charge in [-0.3, -0.25) is 9.78 Å². The van der Waals surface area contributed by atoms with Crippen LogP contribution in [0.15, 0.2) is 36.4 Å². The molecule has 0 fully saturated rings. The van der Waals surface area contributed by atoms with E-state index in [2.05, 4.69) is 30.4 Å². The Balaban J connectivity index is 1.75. The van der Waals surface area contributed by atoms with Crippen molar-refractivity contribution in [3.8, 4) is 5.75 Å². The zero-order chi connectivity index (χ0) is 20.5. The fourth-order valence-corrected chi connectivity index (χ4v) is 4.12. The van der Waals surface area contributed by atoms with Gasteiger partial charge in [-0.2, -0.15) is 0 Å². The molecular weight excluding hydrogens is 386 g/mol. The first kappa shape index (κ1) is 19.5. The number of pyridine rings is 1. The average Bonchev–Trinajstić information content (AvgIpc) is 2.71. The molecule has 150 valence electrons. The van der Waals surface area contributed by atoms with Crippen LogP contribution >= 0.6 is 11.6 Å². The topological polar surface area (TPSA) is 54.5 Å². The molecule has 3 aromatic rings. The number of nitrogens with zero attached hydrogens (tertiary/aromatic N) is 2. The molecule has 0 unspecified atom stereocenters. The number of hydrogen-bond acceptors (Lipinski definition) is 4. The molecule has 2 heterocycles. The van der Waals surface area contributed by atoms with Crippen LogP contribution in [0.3, 0.4) is 0 Å². The Hall–Kier alpha value is -2.79. The number of fused-ring (bicyclic) bond motifs is 2. The van der Waals surface area contributed by atoms with Crippen LogP contribution in [0.5, 0.6) is 5.75 Å². The van der Waals surface area contributed by atoms with Crippen molar-refractivity contribution >= 4 is 34.1 Å². The van der Waals surface area contributed by atoms with Crippen LogP contribution in [0.25, 0.3) is 10.9 Å². The van der Waals surface area contributed by atoms with Gasteiger partial charge in [0.15, 0.2) is 0 Å². The molecule has 0 spiro atoms. The molecule has 0 atom stereocenters. The second kappa shape index (κ2) is 7.91. The summed E-state index contributed by atoms with van der Waals surface area (Å²) >= 11 is 6.29. The van der Waals surface area contributed by atoms with Crippen LogP contribution in [0.1, 0.15) is 29.3 Å². The van der Waals surface area contributed by atoms with E-state index in [0.29, 0.717) is 30.4 Å². The summed E-state index contributed by atoms with van der Waals surface area (Å²) in [6, 6.07) is 12.1. The van der Waals surface area contributed by atoms with Gasteiger partial charge in [-0.1, -0.05) is 29.3 Å². The van der Waals surface area contributed by atoms with E-state index >= 15 is 0 Å². The van der Waals surface area contributed by atoms with Gasteiger partial charge in [-0.05, 0) is 36.8 Å². The van der Waals surface area contributed by atoms with Gasteiger partial charge in [0.2, 0.25) is 5.91 Å². The van der Waals surface area contributed by atoms with Crippen molar-refractivity contribution in [3.05, 3.63) is 63.8 Å². The van der Waals surface area contributed by atoms with Crippen molar-refractivity contribution in [1.29, 1.82) is 0 Å². The van der Waals surface area contributed by atoms with Crippen molar-refractivity contribution in [2.24, 2.45) is 0 Å². The fourth-order valence-electron chi connectivity index (χ4n) is 3.84. The molecule has 5 nitrogen and oxygen atoms in total. The monoisotopic (exact) mass is 409 g/mol. The molecule has 1 aliphatic heterocycles. The van der Waals surface area contributed by atoms with E-state index in [-0.39, 0.29) is 5.91 Å². The summed E-state index contributed by atoms with van der Waals surface area (Å²) in [7, 11) is 1.61. The van der Waals surface area contributed by atoms with Crippen molar-refractivity contribution in [1.82, 2.24) is 9.88 Å². The van der Waals surface area contributed by atoms with E-state index in [9.17, 15) is 4.79 Å². The zero-order valence-electron chi connectivity index (χ0n) is 16.9. The molecule has 0 bridgehead atoms. The molecule has 29 heavy (non-hydrogen) atoms. The Morgan fingerprint density at radius 3 is 2.83 bits per heavy atom. The molecule has 1 amide bonds. The molecule has 1 aromatic heterocycles. The maximum atomic E-state index is 12.0. The fraction of sp³-hybridized carbons (Fsp3) is 0.304. The second-order valence-electron chi connectivity index (χ2n) is 7.45. The van der Waals surface area contributed by atoms with E-state index in [4.69, 9.17) is 21.3 Å². The number of nitrogens with one attached hydrogen (secondary N) is 1. The average molecular weight is 410 g/mol. The summed E-state index contributed by atoms with van der Waals surface area (Å²) < 4.78 is 5.24. The van der Waals surface area contributed by atoms with Crippen LogP contribution < -0.4 is 10.1 Å². The van der Waals surface area contributed by atoms with Gasteiger partial charge in [-0.15, -0.1) is 0 Å². The molecule has 6 heteroatoms. The number of anilines is 1. The number of halogens is 1. The number of carbonyl (C=O) groups is 1. The quantitative estimate of drug-likeness (QED) is 0.677. The second-order valence-corrected chi connectivity index (χ2v) is 7.85. The van der Waals surface area contributed by atoms with E-state index < -0.39 is 0 Å². The highest BCUT2D eigenvalue weighted by atomic mass is 35.5. The SMILES string of the molecule is COc1ccc(CNc2c3c(nc4ccc(C)cc24)CCN(C(C)=O)C3)cc1Cl. The number of aromatic nitrogens is 1. The van der Waals surface area contributed by atoms with Crippen LogP contribution in [0.4, 0.5) is 5.69 Å². The highest BCUT2D eigenvalue weighted by Crippen LogP contribution is 2.34. The van der Waals surface area contributed by atoms with Gasteiger partial charge in [0.05, 0.1) is 23.3 Å². The predicted octanol–water partition coefficient (Wildman–Crippen LogP) is 4.72. The van der Waals surface area contributed by atoms with Gasteiger partial charge < -0.3 is 15.0 Å². The summed E-state index contributed by atoms with van der Waals surface area (Å²) in [5.41, 5.74) is 6.42. The number of methoxy groups -OCH3 is 1. The first-order valence-electron chi connectivity index (χ1n) is 9.70. The number of carbonyl (C=O) groups excluding carboxylic acids is 1. The van der Waals surface area contributed by atoms with Gasteiger partial charge in [-0.25, -0.2) is 0 Å². The molecule has 4 rings (SSSR count). The van der Waals surface area contributed by atoms with Gasteiger partial charge in [0, 0.05) is 49.6 Å². The smallest absolute Gasteiger partial charge is 0.219 e. The van der Waals surface area contributed by atoms with E-state index in [1.165, 1.54) is 5.56 Å². The summed E-state index contributed by atoms with van der Waals surface area (Å²) in [5.74, 6) is 0.753. The highest BCUT2D eigenvalue weighted by Gasteiger charge is 2.24. The van der Waals surface area contributed by atoms with E-state index in [1.54, 1.807) is 14.0 Å². The Kier molecular flexibility index (Phi) is 5.33. The number of ether oxygens (including phenoxy) is 1. The molecule has 0 saturated carbocycles. The molecule has 1 aliphatic rings. The van der Waals surface area contributed by atoms with Crippen LogP contribution in [0.2, 0.25) is 5.02 Å². The lowest BCUT2D eigenvalue weighted by Gasteiger charge is -2.30. The Morgan fingerprint density at radius 1 is 1.28 bits per heavy atom. The molecular formula is C23H24ClN3O2. The minimum Gasteiger partial charge on any atom is -0.495 e. The molecule has 1 N–H and O–H groups in total. The minimum absolute atomic E-state index is 0.0906. The third kappa shape index (κ3) is 3.87. The third-order valence-corrected chi connectivity index (χ3v) is 5.72. The maximum absolute atomic E-state index is 12.0. The molecule has 2 aromatic carbocycles. The number of aryl methyl sites for hydroxylation is 1. The highest BCUT2D eigenvalue weighted by molar-refractivity contribution is 6.32. The number of hydrogen-bond donors (Lipinski definition) is 1. The third-order valence-electron chi connectivity index (χ3n) is 5.43. The lowest BCUT2D eigenvalue weighted by molar-refractivity contribution is -0.129.